The van der Waals surface area contributed by atoms with Gasteiger partial charge in [-0.1, -0.05) is 31.5 Å². The van der Waals surface area contributed by atoms with Gasteiger partial charge in [-0.25, -0.2) is 0 Å². The Bertz CT molecular complexity index is 407. The summed E-state index contributed by atoms with van der Waals surface area (Å²) in [7, 11) is 0. The molecular weight excluding hydrogens is 244 g/mol. The van der Waals surface area contributed by atoms with E-state index in [1.54, 1.807) is 11.8 Å². The fourth-order valence-electron chi connectivity index (χ4n) is 1.39. The molecule has 0 N–H and O–H groups in total. The number of aldehydes is 1. The van der Waals surface area contributed by atoms with Crippen LogP contribution in [0.2, 0.25) is 0 Å². The molecule has 0 aliphatic carbocycles. The molecule has 0 unspecified atom stereocenters. The minimum atomic E-state index is -0.385. The highest BCUT2D eigenvalue weighted by atomic mass is 32.2. The molecule has 0 amide bonds. The maximum atomic E-state index is 11.7. The normalized spacial score (nSPS) is 11.3. The number of rotatable bonds is 7. The molecule has 0 heterocycles. The van der Waals surface area contributed by atoms with Crippen molar-refractivity contribution in [2.75, 3.05) is 5.75 Å². The quantitative estimate of drug-likeness (QED) is 0.556. The van der Waals surface area contributed by atoms with Crippen LogP contribution in [0.15, 0.2) is 29.2 Å². The van der Waals surface area contributed by atoms with Crippen LogP contribution in [0, 0.1) is 12.3 Å². The number of aryl methyl sites for hydroxylation is 1. The molecule has 1 rings (SSSR count). The molecule has 0 saturated carbocycles. The molecule has 0 atom stereocenters. The molecule has 0 spiro atoms. The van der Waals surface area contributed by atoms with Gasteiger partial charge in [0.05, 0.1) is 5.75 Å². The van der Waals surface area contributed by atoms with Crippen molar-refractivity contribution in [3.05, 3.63) is 29.8 Å². The minimum Gasteiger partial charge on any atom is -0.303 e. The van der Waals surface area contributed by atoms with Gasteiger partial charge in [-0.2, -0.15) is 0 Å². The predicted molar refractivity (Wildman–Crippen MR) is 76.0 cm³/mol. The van der Waals surface area contributed by atoms with Crippen molar-refractivity contribution >= 4 is 23.8 Å². The second-order valence-corrected chi connectivity index (χ2v) is 6.30. The molecule has 0 bridgehead atoms. The summed E-state index contributed by atoms with van der Waals surface area (Å²) in [4.78, 5) is 23.6. The number of benzene rings is 1. The lowest BCUT2D eigenvalue weighted by atomic mass is 9.89. The molecule has 3 heteroatoms. The Kier molecular flexibility index (Phi) is 5.60. The number of carbonyl (C=O) groups excluding carboxylic acids is 2. The topological polar surface area (TPSA) is 34.1 Å². The first kappa shape index (κ1) is 15.0. The van der Waals surface area contributed by atoms with Gasteiger partial charge in [-0.3, -0.25) is 4.79 Å². The van der Waals surface area contributed by atoms with Crippen molar-refractivity contribution in [2.24, 2.45) is 5.41 Å². The van der Waals surface area contributed by atoms with E-state index in [0.717, 1.165) is 11.2 Å². The highest BCUT2D eigenvalue weighted by Crippen LogP contribution is 2.22. The van der Waals surface area contributed by atoms with Crippen LogP contribution in [0.3, 0.4) is 0 Å². The maximum Gasteiger partial charge on any atom is 0.143 e. The number of hydrogen-bond acceptors (Lipinski definition) is 3. The first-order chi connectivity index (χ1) is 8.43. The molecule has 1 aromatic carbocycles. The molecule has 0 aliphatic heterocycles. The predicted octanol–water partition coefficient (Wildman–Crippen LogP) is 3.66. The van der Waals surface area contributed by atoms with Crippen LogP contribution in [0.25, 0.3) is 0 Å². The number of thioether (sulfide) groups is 1. The first-order valence-electron chi connectivity index (χ1n) is 6.10. The molecule has 0 saturated heterocycles. The highest BCUT2D eigenvalue weighted by Gasteiger charge is 2.17. The van der Waals surface area contributed by atoms with E-state index in [2.05, 4.69) is 0 Å². The summed E-state index contributed by atoms with van der Waals surface area (Å²) >= 11 is 1.56. The third-order valence-electron chi connectivity index (χ3n) is 2.79. The van der Waals surface area contributed by atoms with Crippen LogP contribution in [0.4, 0.5) is 0 Å². The van der Waals surface area contributed by atoms with E-state index in [9.17, 15) is 9.59 Å². The number of carbonyl (C=O) groups is 2. The molecule has 0 fully saturated rings. The van der Waals surface area contributed by atoms with Gasteiger partial charge in [0.2, 0.25) is 0 Å². The van der Waals surface area contributed by atoms with E-state index >= 15 is 0 Å². The van der Waals surface area contributed by atoms with Crippen molar-refractivity contribution in [2.45, 2.75) is 38.5 Å². The van der Waals surface area contributed by atoms with Gasteiger partial charge in [0.25, 0.3) is 0 Å². The Labute approximate surface area is 113 Å². The van der Waals surface area contributed by atoms with Crippen molar-refractivity contribution in [3.8, 4) is 0 Å². The fourth-order valence-corrected chi connectivity index (χ4v) is 2.19. The lowest BCUT2D eigenvalue weighted by Gasteiger charge is -2.15. The van der Waals surface area contributed by atoms with E-state index < -0.39 is 0 Å². The van der Waals surface area contributed by atoms with E-state index in [-0.39, 0.29) is 11.2 Å². The standard InChI is InChI=1S/C15H20O2S/c1-12-4-6-14(7-5-12)18-10-13(17)8-9-15(2,3)11-16/h4-7,11H,8-10H2,1-3H3. The SMILES string of the molecule is Cc1ccc(SCC(=O)CCC(C)(C)C=O)cc1. The molecule has 0 radical (unpaired) electrons. The van der Waals surface area contributed by atoms with Gasteiger partial charge in [-0.15, -0.1) is 11.8 Å². The number of ketones is 1. The average Bonchev–Trinajstić information content (AvgIpc) is 2.36. The zero-order chi connectivity index (χ0) is 13.6. The van der Waals surface area contributed by atoms with Crippen molar-refractivity contribution in [1.82, 2.24) is 0 Å². The number of hydrogen-bond donors (Lipinski definition) is 0. The molecule has 1 aromatic rings. The summed E-state index contributed by atoms with van der Waals surface area (Å²) < 4.78 is 0. The van der Waals surface area contributed by atoms with Crippen LogP contribution in [-0.4, -0.2) is 17.8 Å². The Hall–Kier alpha value is -1.09. The van der Waals surface area contributed by atoms with Gasteiger partial charge in [-0.05, 0) is 25.5 Å². The maximum absolute atomic E-state index is 11.7. The van der Waals surface area contributed by atoms with Crippen LogP contribution in [-0.2, 0) is 9.59 Å². The monoisotopic (exact) mass is 264 g/mol. The Morgan fingerprint density at radius 3 is 2.44 bits per heavy atom. The van der Waals surface area contributed by atoms with Gasteiger partial charge >= 0.3 is 0 Å². The third kappa shape index (κ3) is 5.50. The van der Waals surface area contributed by atoms with Crippen LogP contribution < -0.4 is 0 Å². The molecule has 2 nitrogen and oxygen atoms in total. The average molecular weight is 264 g/mol. The Morgan fingerprint density at radius 2 is 1.89 bits per heavy atom. The summed E-state index contributed by atoms with van der Waals surface area (Å²) in [6.45, 7) is 5.77. The number of Topliss-reactive ketones (excluding diaryl/α,β-unsaturated/α-hetero) is 1. The van der Waals surface area contributed by atoms with E-state index in [4.69, 9.17) is 0 Å². The Morgan fingerprint density at radius 1 is 1.28 bits per heavy atom. The van der Waals surface area contributed by atoms with E-state index in [1.165, 1.54) is 5.56 Å². The summed E-state index contributed by atoms with van der Waals surface area (Å²) in [5, 5.41) is 0. The van der Waals surface area contributed by atoms with Gasteiger partial charge in [0.15, 0.2) is 0 Å². The zero-order valence-electron chi connectivity index (χ0n) is 11.2. The third-order valence-corrected chi connectivity index (χ3v) is 3.86. The first-order valence-corrected chi connectivity index (χ1v) is 7.09. The minimum absolute atomic E-state index is 0.204. The zero-order valence-corrected chi connectivity index (χ0v) is 12.0. The summed E-state index contributed by atoms with van der Waals surface area (Å²) in [5.41, 5.74) is 0.836. The second-order valence-electron chi connectivity index (χ2n) is 5.25. The molecule has 98 valence electrons. The van der Waals surface area contributed by atoms with Gasteiger partial charge in [0.1, 0.15) is 12.1 Å². The van der Waals surface area contributed by atoms with E-state index in [0.29, 0.717) is 18.6 Å². The van der Waals surface area contributed by atoms with Crippen LogP contribution in [0.5, 0.6) is 0 Å². The van der Waals surface area contributed by atoms with Crippen LogP contribution >= 0.6 is 11.8 Å². The van der Waals surface area contributed by atoms with Crippen molar-refractivity contribution < 1.29 is 9.59 Å². The smallest absolute Gasteiger partial charge is 0.143 e. The summed E-state index contributed by atoms with van der Waals surface area (Å²) in [6.07, 6.45) is 2.03. The fraction of sp³-hybridized carbons (Fsp3) is 0.467. The van der Waals surface area contributed by atoms with Gasteiger partial charge < -0.3 is 4.79 Å². The molecular formula is C15H20O2S. The molecule has 18 heavy (non-hydrogen) atoms. The van der Waals surface area contributed by atoms with Crippen LogP contribution in [0.1, 0.15) is 32.3 Å². The molecule has 0 aromatic heterocycles. The Balaban J connectivity index is 2.33. The van der Waals surface area contributed by atoms with Crippen molar-refractivity contribution in [1.29, 1.82) is 0 Å². The van der Waals surface area contributed by atoms with Crippen molar-refractivity contribution in [3.63, 3.8) is 0 Å². The lowest BCUT2D eigenvalue weighted by Crippen LogP contribution is -2.15. The largest absolute Gasteiger partial charge is 0.303 e. The summed E-state index contributed by atoms with van der Waals surface area (Å²) in [5.74, 6) is 0.688. The summed E-state index contributed by atoms with van der Waals surface area (Å²) in [6, 6.07) is 8.15. The second kappa shape index (κ2) is 6.74. The van der Waals surface area contributed by atoms with Gasteiger partial charge in [0, 0.05) is 16.7 Å². The molecule has 0 aliphatic rings. The highest BCUT2D eigenvalue weighted by molar-refractivity contribution is 8.00. The lowest BCUT2D eigenvalue weighted by molar-refractivity contribution is -0.118. The van der Waals surface area contributed by atoms with E-state index in [1.807, 2.05) is 45.0 Å².